The van der Waals surface area contributed by atoms with Crippen molar-refractivity contribution < 1.29 is 15.0 Å². The number of hydrogen-bond acceptors (Lipinski definition) is 4. The highest BCUT2D eigenvalue weighted by Crippen LogP contribution is 2.15. The molecular weight excluding hydrogens is 292 g/mol. The number of aliphatic hydroxyl groups is 2. The molecule has 1 aliphatic heterocycles. The molecular formula is C15H23ClN2O3. The minimum Gasteiger partial charge on any atom is -0.394 e. The monoisotopic (exact) mass is 314 g/mol. The van der Waals surface area contributed by atoms with Gasteiger partial charge in [0.15, 0.2) is 0 Å². The smallest absolute Gasteiger partial charge is 0.234 e. The van der Waals surface area contributed by atoms with Gasteiger partial charge in [0.25, 0.3) is 0 Å². The van der Waals surface area contributed by atoms with Gasteiger partial charge in [-0.15, -0.1) is 12.4 Å². The van der Waals surface area contributed by atoms with Crippen LogP contribution in [0.15, 0.2) is 24.3 Å². The summed E-state index contributed by atoms with van der Waals surface area (Å²) in [4.78, 5) is 13.9. The Morgan fingerprint density at radius 3 is 2.33 bits per heavy atom. The van der Waals surface area contributed by atoms with Crippen molar-refractivity contribution in [2.75, 3.05) is 32.8 Å². The second-order valence-corrected chi connectivity index (χ2v) is 5.19. The standard InChI is InChI=1S/C15H22N2O3.ClH/c18-11-14(19)9-16-15(20)10-17-7-5-12-3-1-2-4-13(12)6-8-17;/h1-4,14,18-19H,5-11H2,(H,16,20);1H/t14-;/m0./s1. The highest BCUT2D eigenvalue weighted by molar-refractivity contribution is 5.85. The van der Waals surface area contributed by atoms with Crippen molar-refractivity contribution in [1.82, 2.24) is 10.2 Å². The van der Waals surface area contributed by atoms with Gasteiger partial charge in [0, 0.05) is 19.6 Å². The minimum atomic E-state index is -0.882. The Morgan fingerprint density at radius 2 is 1.81 bits per heavy atom. The maximum absolute atomic E-state index is 11.8. The summed E-state index contributed by atoms with van der Waals surface area (Å²) in [6, 6.07) is 8.40. The Morgan fingerprint density at radius 1 is 1.24 bits per heavy atom. The van der Waals surface area contributed by atoms with E-state index < -0.39 is 6.10 Å². The van der Waals surface area contributed by atoms with E-state index in [1.807, 2.05) is 0 Å². The number of nitrogens with one attached hydrogen (secondary N) is 1. The van der Waals surface area contributed by atoms with Crippen LogP contribution in [0.1, 0.15) is 11.1 Å². The Labute approximate surface area is 131 Å². The SMILES string of the molecule is Cl.O=C(CN1CCc2ccccc2CC1)NC[C@H](O)CO. The molecule has 1 aliphatic rings. The van der Waals surface area contributed by atoms with Gasteiger partial charge in [0.05, 0.1) is 19.3 Å². The Kier molecular flexibility index (Phi) is 7.67. The third-order valence-electron chi connectivity index (χ3n) is 3.63. The summed E-state index contributed by atoms with van der Waals surface area (Å²) in [6.07, 6.45) is 1.04. The van der Waals surface area contributed by atoms with Gasteiger partial charge in [-0.05, 0) is 24.0 Å². The summed E-state index contributed by atoms with van der Waals surface area (Å²) >= 11 is 0. The third-order valence-corrected chi connectivity index (χ3v) is 3.63. The number of amides is 1. The molecule has 3 N–H and O–H groups in total. The summed E-state index contributed by atoms with van der Waals surface area (Å²) in [5.74, 6) is -0.108. The van der Waals surface area contributed by atoms with Crippen molar-refractivity contribution in [1.29, 1.82) is 0 Å². The van der Waals surface area contributed by atoms with Gasteiger partial charge >= 0.3 is 0 Å². The maximum Gasteiger partial charge on any atom is 0.234 e. The number of carbonyl (C=O) groups is 1. The van der Waals surface area contributed by atoms with E-state index in [2.05, 4.69) is 34.5 Å². The van der Waals surface area contributed by atoms with Gasteiger partial charge in [-0.25, -0.2) is 0 Å². The molecule has 0 radical (unpaired) electrons. The van der Waals surface area contributed by atoms with Crippen molar-refractivity contribution in [3.8, 4) is 0 Å². The first-order chi connectivity index (χ1) is 9.69. The van der Waals surface area contributed by atoms with E-state index in [4.69, 9.17) is 5.11 Å². The summed E-state index contributed by atoms with van der Waals surface area (Å²) in [5, 5.41) is 20.5. The van der Waals surface area contributed by atoms with Crippen LogP contribution in [0.4, 0.5) is 0 Å². The van der Waals surface area contributed by atoms with E-state index in [1.165, 1.54) is 11.1 Å². The third kappa shape index (κ3) is 5.63. The quantitative estimate of drug-likeness (QED) is 0.714. The van der Waals surface area contributed by atoms with Crippen molar-refractivity contribution in [2.24, 2.45) is 0 Å². The molecule has 21 heavy (non-hydrogen) atoms. The molecule has 1 atom stereocenters. The van der Waals surface area contributed by atoms with Crippen LogP contribution >= 0.6 is 12.4 Å². The first kappa shape index (κ1) is 17.9. The van der Waals surface area contributed by atoms with Gasteiger partial charge < -0.3 is 15.5 Å². The molecule has 1 heterocycles. The topological polar surface area (TPSA) is 72.8 Å². The van der Waals surface area contributed by atoms with Crippen LogP contribution in [0.3, 0.4) is 0 Å². The molecule has 0 spiro atoms. The summed E-state index contributed by atoms with van der Waals surface area (Å²) in [6.45, 7) is 1.84. The fourth-order valence-electron chi connectivity index (χ4n) is 2.43. The largest absolute Gasteiger partial charge is 0.394 e. The Balaban J connectivity index is 0.00000220. The molecule has 1 aromatic rings. The molecule has 0 aromatic heterocycles. The fraction of sp³-hybridized carbons (Fsp3) is 0.533. The van der Waals surface area contributed by atoms with Crippen molar-refractivity contribution in [3.63, 3.8) is 0 Å². The Hall–Kier alpha value is -1.14. The number of rotatable bonds is 5. The molecule has 1 aromatic carbocycles. The molecule has 0 fully saturated rings. The second kappa shape index (κ2) is 9.00. The predicted octanol–water partition coefficient (Wildman–Crippen LogP) is -0.0216. The van der Waals surface area contributed by atoms with Crippen LogP contribution in [0.25, 0.3) is 0 Å². The maximum atomic E-state index is 11.8. The Bertz CT molecular complexity index is 429. The average molecular weight is 315 g/mol. The van der Waals surface area contributed by atoms with Crippen molar-refractivity contribution in [3.05, 3.63) is 35.4 Å². The molecule has 5 nitrogen and oxygen atoms in total. The molecule has 0 bridgehead atoms. The number of nitrogens with zero attached hydrogens (tertiary/aromatic N) is 1. The molecule has 0 unspecified atom stereocenters. The zero-order valence-electron chi connectivity index (χ0n) is 12.0. The summed E-state index contributed by atoms with van der Waals surface area (Å²) in [5.41, 5.74) is 2.73. The second-order valence-electron chi connectivity index (χ2n) is 5.19. The van der Waals surface area contributed by atoms with E-state index in [0.717, 1.165) is 25.9 Å². The number of hydrogen-bond donors (Lipinski definition) is 3. The van der Waals surface area contributed by atoms with Gasteiger partial charge in [-0.3, -0.25) is 9.69 Å². The average Bonchev–Trinajstić information content (AvgIpc) is 2.67. The summed E-state index contributed by atoms with van der Waals surface area (Å²) < 4.78 is 0. The fourth-order valence-corrected chi connectivity index (χ4v) is 2.43. The lowest BCUT2D eigenvalue weighted by atomic mass is 10.0. The van der Waals surface area contributed by atoms with Crippen molar-refractivity contribution >= 4 is 18.3 Å². The number of carbonyl (C=O) groups excluding carboxylic acids is 1. The van der Waals surface area contributed by atoms with Crippen LogP contribution in [0.5, 0.6) is 0 Å². The van der Waals surface area contributed by atoms with Crippen LogP contribution in [0.2, 0.25) is 0 Å². The first-order valence-electron chi connectivity index (χ1n) is 7.04. The van der Waals surface area contributed by atoms with Crippen LogP contribution in [-0.4, -0.2) is 59.9 Å². The van der Waals surface area contributed by atoms with Gasteiger partial charge in [0.1, 0.15) is 0 Å². The van der Waals surface area contributed by atoms with E-state index in [0.29, 0.717) is 6.54 Å². The highest BCUT2D eigenvalue weighted by atomic mass is 35.5. The van der Waals surface area contributed by atoms with Crippen LogP contribution in [0, 0.1) is 0 Å². The first-order valence-corrected chi connectivity index (χ1v) is 7.04. The molecule has 0 saturated heterocycles. The van der Waals surface area contributed by atoms with Crippen molar-refractivity contribution in [2.45, 2.75) is 18.9 Å². The lowest BCUT2D eigenvalue weighted by Gasteiger charge is -2.19. The molecule has 1 amide bonds. The molecule has 6 heteroatoms. The number of benzene rings is 1. The van der Waals surface area contributed by atoms with Gasteiger partial charge in [-0.2, -0.15) is 0 Å². The van der Waals surface area contributed by atoms with Crippen LogP contribution in [-0.2, 0) is 17.6 Å². The highest BCUT2D eigenvalue weighted by Gasteiger charge is 2.16. The van der Waals surface area contributed by atoms with Gasteiger partial charge in [-0.1, -0.05) is 24.3 Å². The zero-order valence-corrected chi connectivity index (χ0v) is 12.8. The van der Waals surface area contributed by atoms with E-state index >= 15 is 0 Å². The molecule has 2 rings (SSSR count). The van der Waals surface area contributed by atoms with Gasteiger partial charge in [0.2, 0.25) is 5.91 Å². The number of aliphatic hydroxyl groups excluding tert-OH is 2. The molecule has 118 valence electrons. The van der Waals surface area contributed by atoms with E-state index in [-0.39, 0.29) is 31.5 Å². The minimum absolute atomic E-state index is 0. The number of fused-ring (bicyclic) bond motifs is 1. The number of halogens is 1. The predicted molar refractivity (Wildman–Crippen MR) is 83.6 cm³/mol. The molecule has 0 saturated carbocycles. The lowest BCUT2D eigenvalue weighted by molar-refractivity contribution is -0.122. The van der Waals surface area contributed by atoms with E-state index in [1.54, 1.807) is 0 Å². The van der Waals surface area contributed by atoms with Crippen LogP contribution < -0.4 is 5.32 Å². The normalized spacial score (nSPS) is 16.3. The lowest BCUT2D eigenvalue weighted by Crippen LogP contribution is -2.41. The van der Waals surface area contributed by atoms with E-state index in [9.17, 15) is 9.90 Å². The molecule has 0 aliphatic carbocycles. The zero-order chi connectivity index (χ0) is 14.4. The summed E-state index contributed by atoms with van der Waals surface area (Å²) in [7, 11) is 0.